The van der Waals surface area contributed by atoms with Gasteiger partial charge in [-0.3, -0.25) is 4.79 Å². The molecule has 4 saturated carbocycles. The molecule has 4 unspecified atom stereocenters. The van der Waals surface area contributed by atoms with Gasteiger partial charge in [-0.25, -0.2) is 4.98 Å². The first kappa shape index (κ1) is 15.6. The van der Waals surface area contributed by atoms with Gasteiger partial charge in [-0.15, -0.1) is 11.3 Å². The quantitative estimate of drug-likeness (QED) is 0.920. The zero-order valence-electron chi connectivity index (χ0n) is 14.0. The molecule has 4 atom stereocenters. The molecule has 1 aromatic rings. The summed E-state index contributed by atoms with van der Waals surface area (Å²) in [6.45, 7) is 2.81. The predicted octanol–water partition coefficient (Wildman–Crippen LogP) is 3.21. The summed E-state index contributed by atoms with van der Waals surface area (Å²) in [6.07, 6.45) is 8.48. The zero-order chi connectivity index (χ0) is 16.3. The van der Waals surface area contributed by atoms with E-state index in [4.69, 9.17) is 0 Å². The third-order valence-electron chi connectivity index (χ3n) is 6.56. The highest BCUT2D eigenvalue weighted by Crippen LogP contribution is 2.67. The van der Waals surface area contributed by atoms with Crippen molar-refractivity contribution in [2.24, 2.45) is 16.7 Å². The van der Waals surface area contributed by atoms with E-state index in [9.17, 15) is 9.90 Å². The van der Waals surface area contributed by atoms with Crippen LogP contribution in [0.5, 0.6) is 0 Å². The summed E-state index contributed by atoms with van der Waals surface area (Å²) in [5.74, 6) is 0.751. The number of hydrogen-bond acceptors (Lipinski definition) is 4. The fourth-order valence-electron chi connectivity index (χ4n) is 6.23. The maximum Gasteiger partial charge on any atom is 0.229 e. The van der Waals surface area contributed by atoms with E-state index in [1.54, 1.807) is 17.5 Å². The Morgan fingerprint density at radius 2 is 2.22 bits per heavy atom. The summed E-state index contributed by atoms with van der Waals surface area (Å²) in [6, 6.07) is 0. The van der Waals surface area contributed by atoms with Crippen molar-refractivity contribution in [1.29, 1.82) is 0 Å². The molecule has 0 saturated heterocycles. The van der Waals surface area contributed by atoms with Crippen LogP contribution >= 0.6 is 11.3 Å². The van der Waals surface area contributed by atoms with E-state index < -0.39 is 5.60 Å². The molecule has 4 bridgehead atoms. The Morgan fingerprint density at radius 3 is 2.87 bits per heavy atom. The second-order valence-electron chi connectivity index (χ2n) is 8.45. The van der Waals surface area contributed by atoms with Crippen molar-refractivity contribution in [2.75, 3.05) is 7.05 Å². The Kier molecular flexibility index (Phi) is 3.40. The van der Waals surface area contributed by atoms with Crippen molar-refractivity contribution in [1.82, 2.24) is 9.88 Å². The SMILES string of the molecule is CCC12CC3CC(O)(C1)CC(C(=O)N(C)Cc1nccs1)(C3)C2. The molecule has 23 heavy (non-hydrogen) atoms. The van der Waals surface area contributed by atoms with Gasteiger partial charge >= 0.3 is 0 Å². The maximum absolute atomic E-state index is 13.3. The van der Waals surface area contributed by atoms with Crippen LogP contribution in [0.4, 0.5) is 0 Å². The van der Waals surface area contributed by atoms with Crippen LogP contribution in [0.3, 0.4) is 0 Å². The van der Waals surface area contributed by atoms with Gasteiger partial charge in [0.15, 0.2) is 0 Å². The van der Waals surface area contributed by atoms with E-state index in [2.05, 4.69) is 11.9 Å². The molecule has 1 aromatic heterocycles. The summed E-state index contributed by atoms with van der Waals surface area (Å²) in [5, 5.41) is 14.0. The average molecular weight is 334 g/mol. The van der Waals surface area contributed by atoms with Crippen LogP contribution in [0.25, 0.3) is 0 Å². The second kappa shape index (κ2) is 5.03. The molecule has 1 amide bonds. The van der Waals surface area contributed by atoms with E-state index in [0.29, 0.717) is 18.9 Å². The van der Waals surface area contributed by atoms with Crippen LogP contribution in [-0.4, -0.2) is 33.5 Å². The number of aliphatic hydroxyl groups is 1. The Hall–Kier alpha value is -0.940. The van der Waals surface area contributed by atoms with E-state index in [1.165, 1.54) is 6.42 Å². The van der Waals surface area contributed by atoms with Crippen molar-refractivity contribution in [3.63, 3.8) is 0 Å². The van der Waals surface area contributed by atoms with Crippen LogP contribution in [-0.2, 0) is 11.3 Å². The first-order valence-corrected chi connectivity index (χ1v) is 9.62. The number of thiazole rings is 1. The van der Waals surface area contributed by atoms with Crippen LogP contribution in [0.15, 0.2) is 11.6 Å². The smallest absolute Gasteiger partial charge is 0.229 e. The standard InChI is InChI=1S/C18H26N2O2S/c1-3-16-6-13-7-17(10-16,12-18(22,8-13)11-16)15(21)20(2)9-14-19-4-5-23-14/h4-5,13,22H,3,6-12H2,1-2H3. The largest absolute Gasteiger partial charge is 0.390 e. The number of rotatable bonds is 4. The molecule has 0 aliphatic heterocycles. The Balaban J connectivity index is 1.61. The van der Waals surface area contributed by atoms with Crippen molar-refractivity contribution < 1.29 is 9.90 Å². The van der Waals surface area contributed by atoms with Gasteiger partial charge < -0.3 is 10.0 Å². The summed E-state index contributed by atoms with van der Waals surface area (Å²) in [5.41, 5.74) is -0.755. The molecule has 4 aliphatic rings. The molecule has 5 heteroatoms. The fourth-order valence-corrected chi connectivity index (χ4v) is 6.90. The Labute approximate surface area is 141 Å². The average Bonchev–Trinajstić information content (AvgIpc) is 2.96. The lowest BCUT2D eigenvalue weighted by Gasteiger charge is -2.64. The minimum Gasteiger partial charge on any atom is -0.390 e. The van der Waals surface area contributed by atoms with Crippen LogP contribution in [0.2, 0.25) is 0 Å². The normalized spacial score (nSPS) is 41.3. The molecule has 0 spiro atoms. The van der Waals surface area contributed by atoms with Crippen molar-refractivity contribution in [3.8, 4) is 0 Å². The lowest BCUT2D eigenvalue weighted by atomic mass is 9.42. The number of amides is 1. The first-order valence-electron chi connectivity index (χ1n) is 8.74. The van der Waals surface area contributed by atoms with E-state index in [-0.39, 0.29) is 16.7 Å². The van der Waals surface area contributed by atoms with Gasteiger partial charge in [0.1, 0.15) is 5.01 Å². The van der Waals surface area contributed by atoms with Crippen molar-refractivity contribution >= 4 is 17.2 Å². The van der Waals surface area contributed by atoms with E-state index in [1.807, 2.05) is 17.3 Å². The van der Waals surface area contributed by atoms with Gasteiger partial charge in [-0.2, -0.15) is 0 Å². The summed E-state index contributed by atoms with van der Waals surface area (Å²) in [7, 11) is 1.89. The third-order valence-corrected chi connectivity index (χ3v) is 7.33. The number of carbonyl (C=O) groups is 1. The van der Waals surface area contributed by atoms with E-state index >= 15 is 0 Å². The lowest BCUT2D eigenvalue weighted by Crippen LogP contribution is -2.63. The molecule has 1 N–H and O–H groups in total. The molecular weight excluding hydrogens is 308 g/mol. The van der Waals surface area contributed by atoms with Crippen LogP contribution in [0.1, 0.15) is 56.9 Å². The highest BCUT2D eigenvalue weighted by Gasteiger charge is 2.65. The van der Waals surface area contributed by atoms with Gasteiger partial charge in [0.25, 0.3) is 0 Å². The minimum atomic E-state index is -0.604. The first-order chi connectivity index (χ1) is 10.9. The van der Waals surface area contributed by atoms with Gasteiger partial charge in [-0.05, 0) is 49.9 Å². The number of hydrogen-bond donors (Lipinski definition) is 1. The molecule has 126 valence electrons. The van der Waals surface area contributed by atoms with E-state index in [0.717, 1.165) is 37.1 Å². The molecule has 5 rings (SSSR count). The second-order valence-corrected chi connectivity index (χ2v) is 9.43. The Bertz CT molecular complexity index is 619. The van der Waals surface area contributed by atoms with Crippen molar-refractivity contribution in [2.45, 2.75) is 64.0 Å². The van der Waals surface area contributed by atoms with Crippen LogP contribution in [0, 0.1) is 16.7 Å². The summed E-state index contributed by atoms with van der Waals surface area (Å²) >= 11 is 1.59. The molecule has 1 heterocycles. The van der Waals surface area contributed by atoms with Gasteiger partial charge in [0.2, 0.25) is 5.91 Å². The number of nitrogens with zero attached hydrogens (tertiary/aromatic N) is 2. The highest BCUT2D eigenvalue weighted by atomic mass is 32.1. The van der Waals surface area contributed by atoms with Gasteiger partial charge in [0.05, 0.1) is 17.6 Å². The monoisotopic (exact) mass is 334 g/mol. The number of aromatic nitrogens is 1. The molecule has 4 fully saturated rings. The highest BCUT2D eigenvalue weighted by molar-refractivity contribution is 7.09. The topological polar surface area (TPSA) is 53.4 Å². The molecule has 0 aromatic carbocycles. The van der Waals surface area contributed by atoms with Gasteiger partial charge in [0, 0.05) is 18.6 Å². The number of carbonyl (C=O) groups excluding carboxylic acids is 1. The lowest BCUT2D eigenvalue weighted by molar-refractivity contribution is -0.209. The molecule has 0 radical (unpaired) electrons. The molecule has 4 nitrogen and oxygen atoms in total. The zero-order valence-corrected chi connectivity index (χ0v) is 14.9. The fraction of sp³-hybridized carbons (Fsp3) is 0.778. The van der Waals surface area contributed by atoms with Crippen molar-refractivity contribution in [3.05, 3.63) is 16.6 Å². The maximum atomic E-state index is 13.3. The molecular formula is C18H26N2O2S. The van der Waals surface area contributed by atoms with Gasteiger partial charge in [-0.1, -0.05) is 13.3 Å². The minimum absolute atomic E-state index is 0.186. The Morgan fingerprint density at radius 1 is 1.39 bits per heavy atom. The van der Waals surface area contributed by atoms with Crippen LogP contribution < -0.4 is 0 Å². The summed E-state index contributed by atoms with van der Waals surface area (Å²) in [4.78, 5) is 19.5. The predicted molar refractivity (Wildman–Crippen MR) is 89.9 cm³/mol. The molecule has 4 aliphatic carbocycles. The summed E-state index contributed by atoms with van der Waals surface area (Å²) < 4.78 is 0. The third kappa shape index (κ3) is 2.43.